The van der Waals surface area contributed by atoms with E-state index in [0.717, 1.165) is 12.5 Å². The molecule has 0 aromatic heterocycles. The third kappa shape index (κ3) is 8.38. The average Bonchev–Trinajstić information content (AvgIpc) is 3.16. The summed E-state index contributed by atoms with van der Waals surface area (Å²) in [6, 6.07) is 0. The molecule has 0 amide bonds. The van der Waals surface area contributed by atoms with Gasteiger partial charge < -0.3 is 93.0 Å². The summed E-state index contributed by atoms with van der Waals surface area (Å²) in [6.45, 7) is 2.20. The van der Waals surface area contributed by atoms with Crippen molar-refractivity contribution in [2.45, 2.75) is 125 Å². The number of hydrogen-bond acceptors (Lipinski definition) is 21. The molecule has 0 aliphatic carbocycles. The molecule has 0 unspecified atom stereocenters. The van der Waals surface area contributed by atoms with Crippen LogP contribution in [-0.2, 0) is 61.7 Å². The van der Waals surface area contributed by atoms with Gasteiger partial charge in [-0.3, -0.25) is 0 Å². The maximum absolute atomic E-state index is 12.8. The molecule has 312 valence electrons. The molecule has 0 saturated carbocycles. The number of carbonyl (C=O) groups excluding carboxylic acids is 2. The van der Waals surface area contributed by atoms with Gasteiger partial charge in [0.1, 0.15) is 48.8 Å². The van der Waals surface area contributed by atoms with Gasteiger partial charge >= 0.3 is 11.9 Å². The lowest BCUT2D eigenvalue weighted by Gasteiger charge is -2.48. The van der Waals surface area contributed by atoms with Crippen LogP contribution >= 0.6 is 0 Å². The number of fused-ring (bicyclic) bond motifs is 2. The Hall–Kier alpha value is -2.58. The molecule has 8 N–H and O–H groups in total. The summed E-state index contributed by atoms with van der Waals surface area (Å²) < 4.78 is 62.2. The molecule has 0 bridgehead atoms. The smallest absolute Gasteiger partial charge is 0.337 e. The van der Waals surface area contributed by atoms with Crippen LogP contribution in [0.15, 0.2) is 23.7 Å². The molecule has 6 heterocycles. The van der Waals surface area contributed by atoms with Crippen LogP contribution in [0.3, 0.4) is 0 Å². The van der Waals surface area contributed by atoms with Crippen molar-refractivity contribution in [3.05, 3.63) is 23.7 Å². The van der Waals surface area contributed by atoms with E-state index in [9.17, 15) is 50.4 Å². The summed E-state index contributed by atoms with van der Waals surface area (Å²) in [5, 5.41) is 83.4. The van der Waals surface area contributed by atoms with E-state index in [1.807, 2.05) is 0 Å². The van der Waals surface area contributed by atoms with Gasteiger partial charge in [-0.05, 0) is 13.8 Å². The lowest BCUT2D eigenvalue weighted by Crippen LogP contribution is -2.61. The molecule has 6 aliphatic heterocycles. The number of carbonyl (C=O) groups is 2. The fourth-order valence-electron chi connectivity index (χ4n) is 8.10. The zero-order chi connectivity index (χ0) is 39.9. The molecule has 0 radical (unpaired) electrons. The van der Waals surface area contributed by atoms with Crippen LogP contribution in [0, 0.1) is 23.7 Å². The highest BCUT2D eigenvalue weighted by molar-refractivity contribution is 5.89. The summed E-state index contributed by atoms with van der Waals surface area (Å²) in [4.78, 5) is 25.3. The van der Waals surface area contributed by atoms with Gasteiger partial charge in [-0.1, -0.05) is 0 Å². The van der Waals surface area contributed by atoms with Gasteiger partial charge in [0, 0.05) is 24.7 Å². The van der Waals surface area contributed by atoms with Gasteiger partial charge in [-0.15, -0.1) is 0 Å². The molecule has 0 aromatic carbocycles. The Bertz CT molecular complexity index is 1410. The van der Waals surface area contributed by atoms with Crippen molar-refractivity contribution in [3.8, 4) is 0 Å². The SMILES string of the molecule is COC(=O)C1=CO[C@@H](O[C@@H]2O[C@H](CO)[C@@H](O)[C@H](O)[C@H]2O)[C@@H]2[C@H](C)O[C@@H](OC[C@H]3O[C@@H](O[C@@H]4OC=C(C(=O)OC)[C@H]5C[C@@H](O)O[C@@H](C)[C@@H]45)[C@H](O)[C@@H](O)[C@@H]3O)C[C@H]12. The maximum Gasteiger partial charge on any atom is 0.337 e. The van der Waals surface area contributed by atoms with E-state index in [4.69, 9.17) is 52.1 Å². The van der Waals surface area contributed by atoms with E-state index in [2.05, 4.69) is 0 Å². The van der Waals surface area contributed by atoms with Gasteiger partial charge in [0.25, 0.3) is 0 Å². The van der Waals surface area contributed by atoms with Crippen LogP contribution in [0.2, 0.25) is 0 Å². The van der Waals surface area contributed by atoms with Crippen molar-refractivity contribution in [2.75, 3.05) is 27.4 Å². The average molecular weight is 795 g/mol. The summed E-state index contributed by atoms with van der Waals surface area (Å²) in [5.74, 6) is -4.15. The number of hydrogen-bond donors (Lipinski definition) is 8. The quantitative estimate of drug-likeness (QED) is 0.0984. The molecule has 21 nitrogen and oxygen atoms in total. The predicted molar refractivity (Wildman–Crippen MR) is 173 cm³/mol. The van der Waals surface area contributed by atoms with Gasteiger partial charge in [0.15, 0.2) is 25.2 Å². The van der Waals surface area contributed by atoms with Gasteiger partial charge in [0.2, 0.25) is 12.6 Å². The monoisotopic (exact) mass is 794 g/mol. The van der Waals surface area contributed by atoms with E-state index in [-0.39, 0.29) is 24.0 Å². The van der Waals surface area contributed by atoms with E-state index in [1.54, 1.807) is 13.8 Å². The van der Waals surface area contributed by atoms with Crippen molar-refractivity contribution in [1.82, 2.24) is 0 Å². The second-order valence-electron chi connectivity index (χ2n) is 14.4. The topological polar surface area (TPSA) is 298 Å². The molecule has 6 aliphatic rings. The van der Waals surface area contributed by atoms with Crippen LogP contribution in [0.25, 0.3) is 0 Å². The lowest BCUT2D eigenvalue weighted by atomic mass is 9.77. The number of ether oxygens (including phenoxy) is 11. The third-order valence-corrected chi connectivity index (χ3v) is 11.1. The van der Waals surface area contributed by atoms with Crippen LogP contribution in [0.5, 0.6) is 0 Å². The minimum absolute atomic E-state index is 0.000646. The zero-order valence-corrected chi connectivity index (χ0v) is 30.4. The minimum Gasteiger partial charge on any atom is -0.471 e. The first kappa shape index (κ1) is 42.0. The van der Waals surface area contributed by atoms with Gasteiger partial charge in [-0.2, -0.15) is 0 Å². The Morgan fingerprint density at radius 3 is 1.62 bits per heavy atom. The van der Waals surface area contributed by atoms with Crippen molar-refractivity contribution >= 4 is 11.9 Å². The highest BCUT2D eigenvalue weighted by atomic mass is 16.8. The molecule has 55 heavy (non-hydrogen) atoms. The highest BCUT2D eigenvalue weighted by Gasteiger charge is 2.54. The minimum atomic E-state index is -1.77. The third-order valence-electron chi connectivity index (χ3n) is 11.1. The van der Waals surface area contributed by atoms with E-state index >= 15 is 0 Å². The first-order valence-electron chi connectivity index (χ1n) is 18.0. The summed E-state index contributed by atoms with van der Waals surface area (Å²) in [6.07, 6.45) is -19.8. The Morgan fingerprint density at radius 2 is 1.11 bits per heavy atom. The molecule has 20 atom stereocenters. The van der Waals surface area contributed by atoms with Crippen molar-refractivity contribution < 1.29 is 103 Å². The zero-order valence-electron chi connectivity index (χ0n) is 30.4. The summed E-state index contributed by atoms with van der Waals surface area (Å²) in [5.41, 5.74) is 0.258. The normalized spacial score (nSPS) is 47.1. The Labute approximate surface area is 314 Å². The van der Waals surface area contributed by atoms with E-state index in [1.165, 1.54) is 14.2 Å². The molecule has 4 fully saturated rings. The van der Waals surface area contributed by atoms with Gasteiger partial charge in [0.05, 0.1) is 75.1 Å². The maximum atomic E-state index is 12.8. The number of aliphatic hydroxyl groups excluding tert-OH is 8. The molecule has 0 spiro atoms. The van der Waals surface area contributed by atoms with Crippen LogP contribution < -0.4 is 0 Å². The molecular weight excluding hydrogens is 744 g/mol. The van der Waals surface area contributed by atoms with E-state index < -0.39 is 148 Å². The largest absolute Gasteiger partial charge is 0.471 e. The number of methoxy groups -OCH3 is 2. The number of aliphatic hydroxyl groups is 8. The first-order chi connectivity index (χ1) is 26.2. The molecule has 21 heteroatoms. The van der Waals surface area contributed by atoms with Crippen molar-refractivity contribution in [1.29, 1.82) is 0 Å². The van der Waals surface area contributed by atoms with Crippen LogP contribution in [0.1, 0.15) is 26.7 Å². The van der Waals surface area contributed by atoms with E-state index in [0.29, 0.717) is 0 Å². The van der Waals surface area contributed by atoms with Crippen LogP contribution in [-0.4, -0.2) is 179 Å². The highest BCUT2D eigenvalue weighted by Crippen LogP contribution is 2.45. The molecule has 6 rings (SSSR count). The fourth-order valence-corrected chi connectivity index (χ4v) is 8.10. The van der Waals surface area contributed by atoms with Gasteiger partial charge in [-0.25, -0.2) is 9.59 Å². The first-order valence-corrected chi connectivity index (χ1v) is 18.0. The second-order valence-corrected chi connectivity index (χ2v) is 14.4. The summed E-state index contributed by atoms with van der Waals surface area (Å²) >= 11 is 0. The molecular formula is C34H50O21. The fraction of sp³-hybridized carbons (Fsp3) is 0.824. The molecule has 4 saturated heterocycles. The van der Waals surface area contributed by atoms with Crippen molar-refractivity contribution in [2.24, 2.45) is 23.7 Å². The van der Waals surface area contributed by atoms with Crippen molar-refractivity contribution in [3.63, 3.8) is 0 Å². The van der Waals surface area contributed by atoms with Crippen LogP contribution in [0.4, 0.5) is 0 Å². The Morgan fingerprint density at radius 1 is 0.636 bits per heavy atom. The Balaban J connectivity index is 1.13. The predicted octanol–water partition coefficient (Wildman–Crippen LogP) is -3.80. The second kappa shape index (κ2) is 17.5. The standard InChI is InChI=1S/C34H50O21/c1-11-21-13(5-19(36)50-11)15(29(43)45-3)8-48-31(21)55-34-28(42)26(40)24(38)18(53-34)10-47-20-6-14-16(30(44)46-4)9-49-32(22(14)12(2)51-20)54-33-27(41)25(39)23(37)17(7-35)52-33/h8-9,11-14,17-28,31-42H,5-7,10H2,1-4H3/t11-,12-,13+,14+,17+,18+,19-,20+,21+,22+,23+,24+,25-,26-,27+,28+,31-,32-,33-,34-/m0/s1. The number of rotatable bonds is 10. The summed E-state index contributed by atoms with van der Waals surface area (Å²) in [7, 11) is 2.39. The Kier molecular flexibility index (Phi) is 13.4. The molecule has 0 aromatic rings. The number of esters is 2. The lowest BCUT2D eigenvalue weighted by molar-refractivity contribution is -0.362.